The fourth-order valence-electron chi connectivity index (χ4n) is 4.01. The summed E-state index contributed by atoms with van der Waals surface area (Å²) >= 11 is 5.76. The van der Waals surface area contributed by atoms with Crippen molar-refractivity contribution in [1.82, 2.24) is 14.8 Å². The quantitative estimate of drug-likeness (QED) is 0.263. The third-order valence-electron chi connectivity index (χ3n) is 6.22. The molecular formula is C28H26ClN4NaO4. The van der Waals surface area contributed by atoms with Crippen molar-refractivity contribution in [3.8, 4) is 16.8 Å². The van der Waals surface area contributed by atoms with Gasteiger partial charge in [-0.15, -0.1) is 5.10 Å². The predicted octanol–water partition coefficient (Wildman–Crippen LogP) is 1.08. The number of hydrogen-bond acceptors (Lipinski definition) is 7. The summed E-state index contributed by atoms with van der Waals surface area (Å²) in [5, 5.41) is 19.4. The van der Waals surface area contributed by atoms with E-state index in [2.05, 4.69) is 20.1 Å². The molecule has 0 unspecified atom stereocenters. The van der Waals surface area contributed by atoms with Gasteiger partial charge in [0.25, 0.3) is 6.47 Å². The number of carboxylic acid groups (broad SMARTS) is 1. The number of nitrogens with one attached hydrogen (secondary N) is 1. The number of aryl methyl sites for hydroxylation is 1. The first-order chi connectivity index (χ1) is 17.9. The Bertz CT molecular complexity index is 1390. The summed E-state index contributed by atoms with van der Waals surface area (Å²) in [5.74, 6) is 0.422. The molecule has 0 aliphatic heterocycles. The van der Waals surface area contributed by atoms with Crippen molar-refractivity contribution in [2.24, 2.45) is 0 Å². The van der Waals surface area contributed by atoms with E-state index in [-0.39, 0.29) is 36.2 Å². The van der Waals surface area contributed by atoms with Gasteiger partial charge in [0.2, 0.25) is 5.95 Å². The molecule has 1 aromatic heterocycles. The molecule has 1 aliphatic carbocycles. The number of ether oxygens (including phenoxy) is 1. The van der Waals surface area contributed by atoms with E-state index in [1.54, 1.807) is 10.7 Å². The Morgan fingerprint density at radius 1 is 1.08 bits per heavy atom. The number of aromatic nitrogens is 3. The van der Waals surface area contributed by atoms with Gasteiger partial charge in [0.15, 0.2) is 0 Å². The second-order valence-electron chi connectivity index (χ2n) is 8.64. The van der Waals surface area contributed by atoms with E-state index in [0.29, 0.717) is 36.1 Å². The van der Waals surface area contributed by atoms with E-state index in [4.69, 9.17) is 11.6 Å². The molecule has 38 heavy (non-hydrogen) atoms. The Balaban J connectivity index is 0.000000282. The third-order valence-corrected chi connectivity index (χ3v) is 6.59. The minimum absolute atomic E-state index is 0. The number of rotatable bonds is 8. The monoisotopic (exact) mass is 540 g/mol. The van der Waals surface area contributed by atoms with E-state index in [1.165, 1.54) is 0 Å². The van der Waals surface area contributed by atoms with E-state index < -0.39 is 11.4 Å². The summed E-state index contributed by atoms with van der Waals surface area (Å²) in [6.45, 7) is 2.50. The van der Waals surface area contributed by atoms with Gasteiger partial charge >= 0.3 is 29.6 Å². The van der Waals surface area contributed by atoms with Crippen molar-refractivity contribution >= 4 is 30.0 Å². The number of hydrogen-bond donors (Lipinski definition) is 1. The maximum Gasteiger partial charge on any atom is 1.00 e. The molecule has 1 N–H and O–H groups in total. The summed E-state index contributed by atoms with van der Waals surface area (Å²) in [6, 6.07) is 23.0. The number of halogens is 1. The molecule has 0 saturated heterocycles. The SMILES string of the molecule is CNc1nc(C)nn1-c1ccc(-c2ccc(C3(C(=O)[O-])CC3)cc2)cc1.O=COCc1ccccc1Cl.[Na+]. The van der Waals surface area contributed by atoms with Crippen LogP contribution in [0.15, 0.2) is 72.8 Å². The molecule has 10 heteroatoms. The van der Waals surface area contributed by atoms with Crippen LogP contribution in [0.3, 0.4) is 0 Å². The van der Waals surface area contributed by atoms with Crippen molar-refractivity contribution in [1.29, 1.82) is 0 Å². The standard InChI is InChI=1S/C20H20N4O2.C8H7ClO2.Na/c1-13-22-19(21-2)24(23-13)17-9-5-15(6-10-17)14-3-7-16(8-4-14)20(11-12-20)18(25)26;9-8-4-2-1-3-7(8)5-11-6-10;/h3-10H,11-12H2,1-2H3,(H,25,26)(H,21,22,23);1-4,6H,5H2;/q;;+1/p-1. The van der Waals surface area contributed by atoms with Crippen LogP contribution in [0.2, 0.25) is 5.02 Å². The Labute approximate surface area is 248 Å². The van der Waals surface area contributed by atoms with Crippen LogP contribution in [0.1, 0.15) is 29.8 Å². The largest absolute Gasteiger partial charge is 1.00 e. The normalized spacial score (nSPS) is 12.8. The maximum absolute atomic E-state index is 11.3. The minimum Gasteiger partial charge on any atom is -0.549 e. The summed E-state index contributed by atoms with van der Waals surface area (Å²) in [6.07, 6.45) is 1.32. The number of benzene rings is 3. The van der Waals surface area contributed by atoms with Gasteiger partial charge in [-0.1, -0.05) is 66.2 Å². The molecule has 0 radical (unpaired) electrons. The van der Waals surface area contributed by atoms with Crippen LogP contribution in [0.4, 0.5) is 5.95 Å². The maximum atomic E-state index is 11.3. The molecule has 190 valence electrons. The van der Waals surface area contributed by atoms with Crippen LogP contribution in [0, 0.1) is 6.92 Å². The Morgan fingerprint density at radius 3 is 2.21 bits per heavy atom. The number of carboxylic acids is 1. The van der Waals surface area contributed by atoms with Gasteiger partial charge in [0.1, 0.15) is 12.4 Å². The second-order valence-corrected chi connectivity index (χ2v) is 9.04. The van der Waals surface area contributed by atoms with Crippen molar-refractivity contribution in [3.63, 3.8) is 0 Å². The molecule has 1 aliphatic rings. The first kappa shape index (κ1) is 29.4. The Morgan fingerprint density at radius 2 is 1.68 bits per heavy atom. The number of nitrogens with zero attached hydrogens (tertiary/aromatic N) is 3. The van der Waals surface area contributed by atoms with Crippen LogP contribution >= 0.6 is 11.6 Å². The molecule has 0 amide bonds. The molecule has 0 bridgehead atoms. The van der Waals surface area contributed by atoms with Crippen LogP contribution < -0.4 is 40.0 Å². The zero-order valence-electron chi connectivity index (χ0n) is 21.5. The summed E-state index contributed by atoms with van der Waals surface area (Å²) in [4.78, 5) is 25.5. The van der Waals surface area contributed by atoms with Crippen LogP contribution in [0.25, 0.3) is 16.8 Å². The van der Waals surface area contributed by atoms with Gasteiger partial charge in [-0.25, -0.2) is 0 Å². The van der Waals surface area contributed by atoms with Crippen molar-refractivity contribution < 1.29 is 49.0 Å². The molecule has 0 atom stereocenters. The molecule has 3 aromatic carbocycles. The van der Waals surface area contributed by atoms with Gasteiger partial charge in [-0.3, -0.25) is 4.79 Å². The molecule has 4 aromatic rings. The first-order valence-corrected chi connectivity index (χ1v) is 12.1. The number of carbonyl (C=O) groups excluding carboxylic acids is 2. The van der Waals surface area contributed by atoms with Gasteiger partial charge in [-0.2, -0.15) is 9.67 Å². The zero-order chi connectivity index (χ0) is 26.4. The summed E-state index contributed by atoms with van der Waals surface area (Å²) < 4.78 is 6.30. The average Bonchev–Trinajstić information content (AvgIpc) is 3.65. The van der Waals surface area contributed by atoms with Gasteiger partial charge < -0.3 is 20.0 Å². The fraction of sp³-hybridized carbons (Fsp3) is 0.214. The Kier molecular flexibility index (Phi) is 10.1. The van der Waals surface area contributed by atoms with Crippen molar-refractivity contribution in [2.45, 2.75) is 31.8 Å². The predicted molar refractivity (Wildman–Crippen MR) is 139 cm³/mol. The first-order valence-electron chi connectivity index (χ1n) is 11.7. The smallest absolute Gasteiger partial charge is 0.549 e. The van der Waals surface area contributed by atoms with Crippen molar-refractivity contribution in [2.75, 3.05) is 12.4 Å². The molecule has 5 rings (SSSR count). The van der Waals surface area contributed by atoms with E-state index >= 15 is 0 Å². The molecule has 8 nitrogen and oxygen atoms in total. The van der Waals surface area contributed by atoms with Crippen LogP contribution in [-0.4, -0.2) is 34.3 Å². The average molecular weight is 541 g/mol. The van der Waals surface area contributed by atoms with Crippen molar-refractivity contribution in [3.05, 3.63) is 94.8 Å². The third kappa shape index (κ3) is 6.63. The van der Waals surface area contributed by atoms with Gasteiger partial charge in [0.05, 0.1) is 11.7 Å². The zero-order valence-corrected chi connectivity index (χ0v) is 24.2. The van der Waals surface area contributed by atoms with E-state index in [0.717, 1.165) is 27.9 Å². The van der Waals surface area contributed by atoms with Gasteiger partial charge in [0, 0.05) is 23.0 Å². The van der Waals surface area contributed by atoms with E-state index in [9.17, 15) is 14.7 Å². The Hall–Kier alpha value is -3.17. The molecular weight excluding hydrogens is 515 g/mol. The summed E-state index contributed by atoms with van der Waals surface area (Å²) in [5.41, 5.74) is 3.90. The molecule has 0 spiro atoms. The summed E-state index contributed by atoms with van der Waals surface area (Å²) in [7, 11) is 1.81. The number of anilines is 1. The molecule has 1 fully saturated rings. The van der Waals surface area contributed by atoms with Crippen LogP contribution in [0.5, 0.6) is 0 Å². The molecule has 1 heterocycles. The van der Waals surface area contributed by atoms with E-state index in [1.807, 2.05) is 80.7 Å². The van der Waals surface area contributed by atoms with Gasteiger partial charge in [-0.05, 0) is 54.7 Å². The second kappa shape index (κ2) is 13.1. The fourth-order valence-corrected chi connectivity index (χ4v) is 4.20. The number of carbonyl (C=O) groups is 2. The topological polar surface area (TPSA) is 109 Å². The minimum atomic E-state index is -0.974. The molecule has 1 saturated carbocycles. The number of aliphatic carboxylic acids is 1. The van der Waals surface area contributed by atoms with Crippen LogP contribution in [-0.2, 0) is 26.3 Å².